The van der Waals surface area contributed by atoms with Gasteiger partial charge in [0.1, 0.15) is 0 Å². The number of thiophene rings is 1. The summed E-state index contributed by atoms with van der Waals surface area (Å²) >= 11 is 20.3. The van der Waals surface area contributed by atoms with E-state index >= 15 is 0 Å². The molecule has 1 N–H and O–H groups in total. The highest BCUT2D eigenvalue weighted by Crippen LogP contribution is 2.36. The molecule has 10 heteroatoms. The molecule has 35 heavy (non-hydrogen) atoms. The third-order valence-corrected chi connectivity index (χ3v) is 7.25. The number of benzene rings is 1. The molecule has 178 valence electrons. The smallest absolute Gasteiger partial charge is 0.272 e. The lowest BCUT2D eigenvalue weighted by atomic mass is 10.0. The van der Waals surface area contributed by atoms with Crippen LogP contribution in [0.5, 0.6) is 0 Å². The number of amides is 1. The lowest BCUT2D eigenvalue weighted by Crippen LogP contribution is -2.28. The SMILES string of the molecule is CC(NC(=O)c1nn(-c2ccc(Cl)cc2Cl)c2c1COC/C2=C\c1ccc(Cl)s1)c1ccccn1. The van der Waals surface area contributed by atoms with E-state index in [0.717, 1.165) is 21.8 Å². The van der Waals surface area contributed by atoms with E-state index in [2.05, 4.69) is 10.3 Å². The number of carbonyl (C=O) groups is 1. The maximum Gasteiger partial charge on any atom is 0.272 e. The van der Waals surface area contributed by atoms with Crippen molar-refractivity contribution in [3.8, 4) is 5.69 Å². The molecular formula is C25H19Cl3N4O2S. The van der Waals surface area contributed by atoms with Crippen molar-refractivity contribution in [1.29, 1.82) is 0 Å². The van der Waals surface area contributed by atoms with E-state index in [1.54, 1.807) is 29.1 Å². The minimum atomic E-state index is -0.327. The van der Waals surface area contributed by atoms with Gasteiger partial charge in [0, 0.05) is 27.2 Å². The number of nitrogens with one attached hydrogen (secondary N) is 1. The zero-order valence-electron chi connectivity index (χ0n) is 18.5. The number of fused-ring (bicyclic) bond motifs is 1. The highest BCUT2D eigenvalue weighted by molar-refractivity contribution is 7.17. The van der Waals surface area contributed by atoms with Gasteiger partial charge in [-0.25, -0.2) is 4.68 Å². The van der Waals surface area contributed by atoms with Crippen LogP contribution in [0.4, 0.5) is 0 Å². The number of aromatic nitrogens is 3. The number of rotatable bonds is 5. The van der Waals surface area contributed by atoms with Gasteiger partial charge in [-0.3, -0.25) is 9.78 Å². The van der Waals surface area contributed by atoms with Crippen molar-refractivity contribution in [1.82, 2.24) is 20.1 Å². The van der Waals surface area contributed by atoms with Crippen molar-refractivity contribution in [3.05, 3.63) is 96.6 Å². The lowest BCUT2D eigenvalue weighted by Gasteiger charge is -2.19. The molecular weight excluding hydrogens is 527 g/mol. The second kappa shape index (κ2) is 10.1. The number of halogens is 3. The van der Waals surface area contributed by atoms with Crippen LogP contribution >= 0.6 is 46.1 Å². The topological polar surface area (TPSA) is 69.0 Å². The predicted octanol–water partition coefficient (Wildman–Crippen LogP) is 6.85. The number of hydrogen-bond donors (Lipinski definition) is 1. The van der Waals surface area contributed by atoms with E-state index in [0.29, 0.717) is 32.2 Å². The van der Waals surface area contributed by atoms with Crippen LogP contribution in [-0.2, 0) is 11.3 Å². The number of ether oxygens (including phenoxy) is 1. The summed E-state index contributed by atoms with van der Waals surface area (Å²) in [7, 11) is 0. The molecule has 1 aromatic carbocycles. The van der Waals surface area contributed by atoms with E-state index in [4.69, 9.17) is 44.6 Å². The fourth-order valence-electron chi connectivity index (χ4n) is 3.92. The first-order chi connectivity index (χ1) is 16.9. The monoisotopic (exact) mass is 544 g/mol. The second-order valence-corrected chi connectivity index (χ2v) is 10.5. The second-order valence-electron chi connectivity index (χ2n) is 7.94. The summed E-state index contributed by atoms with van der Waals surface area (Å²) < 4.78 is 8.25. The number of carbonyl (C=O) groups excluding carboxylic acids is 1. The van der Waals surface area contributed by atoms with Crippen LogP contribution in [0.3, 0.4) is 0 Å². The van der Waals surface area contributed by atoms with Crippen molar-refractivity contribution in [2.45, 2.75) is 19.6 Å². The highest BCUT2D eigenvalue weighted by Gasteiger charge is 2.30. The zero-order valence-corrected chi connectivity index (χ0v) is 21.5. The Balaban J connectivity index is 1.61. The Bertz CT molecular complexity index is 1430. The van der Waals surface area contributed by atoms with E-state index in [9.17, 15) is 4.79 Å². The van der Waals surface area contributed by atoms with Crippen molar-refractivity contribution < 1.29 is 9.53 Å². The third kappa shape index (κ3) is 5.01. The Morgan fingerprint density at radius 3 is 2.74 bits per heavy atom. The first-order valence-corrected chi connectivity index (χ1v) is 12.7. The Labute approximate surface area is 221 Å². The van der Waals surface area contributed by atoms with Gasteiger partial charge in [-0.1, -0.05) is 40.9 Å². The van der Waals surface area contributed by atoms with Crippen molar-refractivity contribution in [2.24, 2.45) is 0 Å². The summed E-state index contributed by atoms with van der Waals surface area (Å²) in [6.07, 6.45) is 3.69. The summed E-state index contributed by atoms with van der Waals surface area (Å²) in [5.41, 5.74) is 3.94. The molecule has 5 rings (SSSR count). The van der Waals surface area contributed by atoms with Crippen LogP contribution in [0.2, 0.25) is 14.4 Å². The van der Waals surface area contributed by atoms with Gasteiger partial charge in [0.05, 0.1) is 45.7 Å². The summed E-state index contributed by atoms with van der Waals surface area (Å²) in [6, 6.07) is 14.2. The minimum Gasteiger partial charge on any atom is -0.372 e. The summed E-state index contributed by atoms with van der Waals surface area (Å²) in [4.78, 5) is 18.7. The van der Waals surface area contributed by atoms with Gasteiger partial charge >= 0.3 is 0 Å². The first-order valence-electron chi connectivity index (χ1n) is 10.7. The molecule has 6 nitrogen and oxygen atoms in total. The molecule has 1 unspecified atom stereocenters. The normalized spacial score (nSPS) is 15.1. The highest BCUT2D eigenvalue weighted by atomic mass is 35.5. The number of nitrogens with zero attached hydrogens (tertiary/aromatic N) is 3. The molecule has 1 amide bonds. The minimum absolute atomic E-state index is 0.240. The Hall–Kier alpha value is -2.68. The van der Waals surface area contributed by atoms with Crippen molar-refractivity contribution in [3.63, 3.8) is 0 Å². The fourth-order valence-corrected chi connectivity index (χ4v) is 5.43. The van der Waals surface area contributed by atoms with E-state index < -0.39 is 0 Å². The lowest BCUT2D eigenvalue weighted by molar-refractivity contribution is 0.0925. The molecule has 4 aromatic rings. The summed E-state index contributed by atoms with van der Waals surface area (Å²) in [5.74, 6) is -0.327. The standard InChI is InChI=1S/C25H19Cl3N4O2S/c1-14(20-4-2-3-9-29-20)30-25(33)23-18-13-34-12-15(10-17-6-8-22(28)35-17)24(18)32(31-23)21-7-5-16(26)11-19(21)27/h2-11,14H,12-13H2,1H3,(H,30,33)/b15-10+. The molecule has 0 saturated carbocycles. The quantitative estimate of drug-likeness (QED) is 0.298. The molecule has 0 saturated heterocycles. The van der Waals surface area contributed by atoms with E-state index in [1.165, 1.54) is 11.3 Å². The van der Waals surface area contributed by atoms with E-state index in [1.807, 2.05) is 43.3 Å². The van der Waals surface area contributed by atoms with Crippen LogP contribution in [0.25, 0.3) is 17.3 Å². The molecule has 0 spiro atoms. The Kier molecular flexibility index (Phi) is 6.95. The molecule has 3 aromatic heterocycles. The van der Waals surface area contributed by atoms with Gasteiger partial charge in [-0.15, -0.1) is 11.3 Å². The number of hydrogen-bond acceptors (Lipinski definition) is 5. The van der Waals surface area contributed by atoms with Crippen LogP contribution in [0, 0.1) is 0 Å². The van der Waals surface area contributed by atoms with Crippen LogP contribution in [0.1, 0.15) is 45.3 Å². The van der Waals surface area contributed by atoms with Gasteiger partial charge in [0.25, 0.3) is 5.91 Å². The Morgan fingerprint density at radius 1 is 1.17 bits per heavy atom. The van der Waals surface area contributed by atoms with Crippen molar-refractivity contribution >= 4 is 63.7 Å². The summed E-state index contributed by atoms with van der Waals surface area (Å²) in [5, 5.41) is 8.63. The predicted molar refractivity (Wildman–Crippen MR) is 141 cm³/mol. The van der Waals surface area contributed by atoms with Crippen LogP contribution < -0.4 is 5.32 Å². The van der Waals surface area contributed by atoms with Crippen molar-refractivity contribution in [2.75, 3.05) is 6.61 Å². The van der Waals surface area contributed by atoms with Gasteiger partial charge < -0.3 is 10.1 Å². The van der Waals surface area contributed by atoms with Gasteiger partial charge in [-0.05, 0) is 55.5 Å². The molecule has 0 radical (unpaired) electrons. The molecule has 4 heterocycles. The molecule has 0 fully saturated rings. The van der Waals surface area contributed by atoms with E-state index in [-0.39, 0.29) is 24.2 Å². The average Bonchev–Trinajstić information content (AvgIpc) is 3.43. The van der Waals surface area contributed by atoms with Gasteiger partial charge in [-0.2, -0.15) is 5.10 Å². The first kappa shape index (κ1) is 24.0. The maximum atomic E-state index is 13.4. The fraction of sp³-hybridized carbons (Fsp3) is 0.160. The van der Waals surface area contributed by atoms with Crippen LogP contribution in [0.15, 0.2) is 54.7 Å². The maximum absolute atomic E-state index is 13.4. The molecule has 1 atom stereocenters. The van der Waals surface area contributed by atoms with Gasteiger partial charge in [0.2, 0.25) is 0 Å². The van der Waals surface area contributed by atoms with Crippen LogP contribution in [-0.4, -0.2) is 27.3 Å². The molecule has 0 aliphatic carbocycles. The number of pyridine rings is 1. The zero-order chi connectivity index (χ0) is 24.5. The molecule has 0 bridgehead atoms. The Morgan fingerprint density at radius 2 is 2.03 bits per heavy atom. The molecule has 1 aliphatic rings. The average molecular weight is 546 g/mol. The third-order valence-electron chi connectivity index (χ3n) is 5.53. The largest absolute Gasteiger partial charge is 0.372 e. The summed E-state index contributed by atoms with van der Waals surface area (Å²) in [6.45, 7) is 2.47. The molecule has 1 aliphatic heterocycles. The van der Waals surface area contributed by atoms with Gasteiger partial charge in [0.15, 0.2) is 5.69 Å².